The lowest BCUT2D eigenvalue weighted by atomic mass is 9.86. The molecule has 2 bridgehead atoms. The molecule has 140 valence electrons. The van der Waals surface area contributed by atoms with Crippen LogP contribution in [0.4, 0.5) is 0 Å². The molecular formula is C21H28N2O3. The van der Waals surface area contributed by atoms with Gasteiger partial charge in [-0.3, -0.25) is 9.69 Å². The number of carbonyl (C=O) groups excluding carboxylic acids is 1. The Labute approximate surface area is 155 Å². The minimum Gasteiger partial charge on any atom is -0.454 e. The van der Waals surface area contributed by atoms with E-state index in [9.17, 15) is 4.79 Å². The lowest BCUT2D eigenvalue weighted by molar-refractivity contribution is -0.134. The Morgan fingerprint density at radius 1 is 1.04 bits per heavy atom. The van der Waals surface area contributed by atoms with Crippen LogP contribution in [0, 0.1) is 17.8 Å². The fraction of sp³-hybridized carbons (Fsp3) is 0.667. The smallest absolute Gasteiger partial charge is 0.231 e. The summed E-state index contributed by atoms with van der Waals surface area (Å²) in [5.74, 6) is 4.53. The molecule has 26 heavy (non-hydrogen) atoms. The fourth-order valence-corrected chi connectivity index (χ4v) is 5.43. The summed E-state index contributed by atoms with van der Waals surface area (Å²) in [5, 5.41) is 0. The van der Waals surface area contributed by atoms with E-state index in [4.69, 9.17) is 9.47 Å². The van der Waals surface area contributed by atoms with Crippen molar-refractivity contribution in [3.8, 4) is 11.5 Å². The molecule has 4 aliphatic rings. The molecule has 2 aliphatic carbocycles. The Balaban J connectivity index is 1.11. The van der Waals surface area contributed by atoms with Gasteiger partial charge in [-0.05, 0) is 54.7 Å². The van der Waals surface area contributed by atoms with Crippen molar-refractivity contribution in [1.29, 1.82) is 0 Å². The van der Waals surface area contributed by atoms with E-state index >= 15 is 0 Å². The first kappa shape index (κ1) is 16.4. The van der Waals surface area contributed by atoms with Crippen LogP contribution < -0.4 is 9.47 Å². The van der Waals surface area contributed by atoms with Crippen LogP contribution >= 0.6 is 0 Å². The normalized spacial score (nSPS) is 30.2. The van der Waals surface area contributed by atoms with Crippen molar-refractivity contribution in [3.05, 3.63) is 23.8 Å². The number of fused-ring (bicyclic) bond motifs is 3. The van der Waals surface area contributed by atoms with E-state index in [1.807, 2.05) is 6.07 Å². The molecule has 1 aromatic rings. The summed E-state index contributed by atoms with van der Waals surface area (Å²) in [7, 11) is 0. The van der Waals surface area contributed by atoms with Crippen molar-refractivity contribution in [3.63, 3.8) is 0 Å². The highest BCUT2D eigenvalue weighted by atomic mass is 16.7. The summed E-state index contributed by atoms with van der Waals surface area (Å²) in [4.78, 5) is 17.2. The van der Waals surface area contributed by atoms with E-state index < -0.39 is 0 Å². The van der Waals surface area contributed by atoms with Crippen LogP contribution in [0.3, 0.4) is 0 Å². The summed E-state index contributed by atoms with van der Waals surface area (Å²) in [5.41, 5.74) is 1.25. The van der Waals surface area contributed by atoms with E-state index in [0.717, 1.165) is 62.5 Å². The van der Waals surface area contributed by atoms with Crippen LogP contribution in [0.15, 0.2) is 18.2 Å². The van der Waals surface area contributed by atoms with Gasteiger partial charge in [0.15, 0.2) is 11.5 Å². The molecule has 1 aromatic carbocycles. The summed E-state index contributed by atoms with van der Waals surface area (Å²) in [6.45, 7) is 4.87. The number of hydrogen-bond acceptors (Lipinski definition) is 4. The number of amides is 1. The second-order valence-corrected chi connectivity index (χ2v) is 8.48. The number of benzene rings is 1. The molecule has 0 unspecified atom stereocenters. The average Bonchev–Trinajstić information content (AvgIpc) is 3.38. The Morgan fingerprint density at radius 2 is 1.88 bits per heavy atom. The number of rotatable bonds is 4. The van der Waals surface area contributed by atoms with Gasteiger partial charge in [0.2, 0.25) is 12.7 Å². The molecule has 0 aromatic heterocycles. The standard InChI is InChI=1S/C21H28N2O3/c24-21(12-18-10-15-1-3-17(18)9-15)23-7-5-22(6-8-23)13-16-2-4-19-20(11-16)26-14-25-19/h2,4,11,15,17-18H,1,3,5-10,12-14H2/t15-,17-,18-/m0/s1. The number of piperazine rings is 1. The summed E-state index contributed by atoms with van der Waals surface area (Å²) < 4.78 is 10.8. The van der Waals surface area contributed by atoms with E-state index in [1.54, 1.807) is 0 Å². The van der Waals surface area contributed by atoms with Gasteiger partial charge in [-0.2, -0.15) is 0 Å². The maximum absolute atomic E-state index is 12.7. The van der Waals surface area contributed by atoms with Gasteiger partial charge in [-0.15, -0.1) is 0 Å². The first-order chi connectivity index (χ1) is 12.7. The third-order valence-electron chi connectivity index (χ3n) is 6.89. The third-order valence-corrected chi connectivity index (χ3v) is 6.89. The molecule has 1 saturated heterocycles. The van der Waals surface area contributed by atoms with Crippen molar-refractivity contribution in [2.75, 3.05) is 33.0 Å². The van der Waals surface area contributed by atoms with Gasteiger partial charge in [0.25, 0.3) is 0 Å². The van der Waals surface area contributed by atoms with Gasteiger partial charge in [-0.1, -0.05) is 12.5 Å². The molecule has 5 heteroatoms. The summed E-state index contributed by atoms with van der Waals surface area (Å²) in [6, 6.07) is 6.18. The molecule has 0 N–H and O–H groups in total. The topological polar surface area (TPSA) is 42.0 Å². The first-order valence-corrected chi connectivity index (χ1v) is 10.1. The lowest BCUT2D eigenvalue weighted by Gasteiger charge is -2.35. The Morgan fingerprint density at radius 3 is 2.65 bits per heavy atom. The van der Waals surface area contributed by atoms with Crippen LogP contribution in [-0.2, 0) is 11.3 Å². The van der Waals surface area contributed by atoms with E-state index in [1.165, 1.54) is 31.2 Å². The fourth-order valence-electron chi connectivity index (χ4n) is 5.43. The molecule has 2 saturated carbocycles. The molecule has 5 rings (SSSR count). The largest absolute Gasteiger partial charge is 0.454 e. The van der Waals surface area contributed by atoms with Crippen LogP contribution in [0.2, 0.25) is 0 Å². The maximum atomic E-state index is 12.7. The Bertz CT molecular complexity index is 684. The number of nitrogens with zero attached hydrogens (tertiary/aromatic N) is 2. The molecule has 0 spiro atoms. The van der Waals surface area contributed by atoms with Crippen molar-refractivity contribution >= 4 is 5.91 Å². The van der Waals surface area contributed by atoms with Gasteiger partial charge in [0.05, 0.1) is 0 Å². The van der Waals surface area contributed by atoms with Gasteiger partial charge < -0.3 is 14.4 Å². The first-order valence-electron chi connectivity index (χ1n) is 10.1. The van der Waals surface area contributed by atoms with Gasteiger partial charge in [0, 0.05) is 39.1 Å². The second kappa shape index (κ2) is 6.76. The van der Waals surface area contributed by atoms with Crippen LogP contribution in [0.5, 0.6) is 11.5 Å². The second-order valence-electron chi connectivity index (χ2n) is 8.48. The third kappa shape index (κ3) is 3.18. The highest BCUT2D eigenvalue weighted by Crippen LogP contribution is 2.49. The van der Waals surface area contributed by atoms with Crippen molar-refractivity contribution in [1.82, 2.24) is 9.80 Å². The van der Waals surface area contributed by atoms with Crippen molar-refractivity contribution < 1.29 is 14.3 Å². The van der Waals surface area contributed by atoms with Gasteiger partial charge in [0.1, 0.15) is 0 Å². The predicted octanol–water partition coefficient (Wildman–Crippen LogP) is 2.89. The highest BCUT2D eigenvalue weighted by Gasteiger charge is 2.40. The Kier molecular flexibility index (Phi) is 4.27. The minimum atomic E-state index is 0.322. The molecule has 0 radical (unpaired) electrons. The zero-order chi connectivity index (χ0) is 17.5. The molecule has 1 amide bonds. The molecule has 3 atom stereocenters. The highest BCUT2D eigenvalue weighted by molar-refractivity contribution is 5.76. The minimum absolute atomic E-state index is 0.322. The monoisotopic (exact) mass is 356 g/mol. The molecule has 2 heterocycles. The summed E-state index contributed by atoms with van der Waals surface area (Å²) >= 11 is 0. The number of hydrogen-bond donors (Lipinski definition) is 0. The SMILES string of the molecule is O=C(C[C@@H]1C[C@H]2CC[C@H]1C2)N1CCN(Cc2ccc3c(c2)OCO3)CC1. The van der Waals surface area contributed by atoms with Gasteiger partial charge >= 0.3 is 0 Å². The maximum Gasteiger partial charge on any atom is 0.231 e. The van der Waals surface area contributed by atoms with E-state index in [-0.39, 0.29) is 0 Å². The lowest BCUT2D eigenvalue weighted by Crippen LogP contribution is -2.48. The van der Waals surface area contributed by atoms with Gasteiger partial charge in [-0.25, -0.2) is 0 Å². The van der Waals surface area contributed by atoms with Crippen LogP contribution in [0.1, 0.15) is 37.7 Å². The van der Waals surface area contributed by atoms with Crippen molar-refractivity contribution in [2.24, 2.45) is 17.8 Å². The zero-order valence-electron chi connectivity index (χ0n) is 15.4. The summed E-state index contributed by atoms with van der Waals surface area (Å²) in [6.07, 6.45) is 6.27. The molecule has 2 aliphatic heterocycles. The average molecular weight is 356 g/mol. The van der Waals surface area contributed by atoms with Crippen molar-refractivity contribution in [2.45, 2.75) is 38.6 Å². The molecule has 3 fully saturated rings. The van der Waals surface area contributed by atoms with E-state index in [0.29, 0.717) is 18.6 Å². The quantitative estimate of drug-likeness (QED) is 0.832. The molecular weight excluding hydrogens is 328 g/mol. The number of ether oxygens (including phenoxy) is 2. The van der Waals surface area contributed by atoms with Crippen LogP contribution in [-0.4, -0.2) is 48.7 Å². The number of carbonyl (C=O) groups is 1. The van der Waals surface area contributed by atoms with E-state index in [2.05, 4.69) is 21.9 Å². The molecule has 5 nitrogen and oxygen atoms in total. The predicted molar refractivity (Wildman–Crippen MR) is 98.0 cm³/mol. The zero-order valence-corrected chi connectivity index (χ0v) is 15.4. The van der Waals surface area contributed by atoms with Crippen LogP contribution in [0.25, 0.3) is 0 Å². The Hall–Kier alpha value is -1.75.